The van der Waals surface area contributed by atoms with Gasteiger partial charge in [-0.2, -0.15) is 0 Å². The third-order valence-electron chi connectivity index (χ3n) is 5.29. The van der Waals surface area contributed by atoms with Gasteiger partial charge in [0.05, 0.1) is 5.92 Å². The summed E-state index contributed by atoms with van der Waals surface area (Å²) in [6.45, 7) is 5.74. The van der Waals surface area contributed by atoms with Crippen molar-refractivity contribution < 1.29 is 9.90 Å². The molecule has 2 aliphatic rings. The molecule has 0 aromatic rings. The van der Waals surface area contributed by atoms with E-state index in [0.29, 0.717) is 11.5 Å². The van der Waals surface area contributed by atoms with E-state index in [2.05, 4.69) is 19.2 Å². The quantitative estimate of drug-likeness (QED) is 0.778. The standard InChI is InChI=1S/C17H31NO2/c1-13(2)11-17(8-3-4-9-17)12-18-15-7-5-6-14(10-15)16(19)20/h13-15,18H,3-12H2,1-2H3,(H,19,20). The SMILES string of the molecule is CC(C)CC1(CNC2CCCC(C(=O)O)C2)CCCC1. The minimum absolute atomic E-state index is 0.120. The zero-order chi connectivity index (χ0) is 14.6. The van der Waals surface area contributed by atoms with Gasteiger partial charge < -0.3 is 10.4 Å². The first-order valence-electron chi connectivity index (χ1n) is 8.47. The van der Waals surface area contributed by atoms with E-state index in [4.69, 9.17) is 0 Å². The lowest BCUT2D eigenvalue weighted by molar-refractivity contribution is -0.143. The number of rotatable bonds is 6. The molecule has 0 amide bonds. The first-order chi connectivity index (χ1) is 9.51. The lowest BCUT2D eigenvalue weighted by Gasteiger charge is -2.35. The molecule has 0 radical (unpaired) electrons. The topological polar surface area (TPSA) is 49.3 Å². The van der Waals surface area contributed by atoms with E-state index in [9.17, 15) is 9.90 Å². The Morgan fingerprint density at radius 3 is 2.55 bits per heavy atom. The summed E-state index contributed by atoms with van der Waals surface area (Å²) in [5.74, 6) is 0.0353. The molecule has 2 fully saturated rings. The molecule has 0 aromatic carbocycles. The fourth-order valence-electron chi connectivity index (χ4n) is 4.40. The van der Waals surface area contributed by atoms with Crippen LogP contribution in [0, 0.1) is 17.3 Å². The second kappa shape index (κ2) is 6.93. The number of carboxylic acids is 1. The maximum atomic E-state index is 11.1. The van der Waals surface area contributed by atoms with Crippen molar-refractivity contribution in [2.75, 3.05) is 6.54 Å². The highest BCUT2D eigenvalue weighted by atomic mass is 16.4. The highest BCUT2D eigenvalue weighted by Crippen LogP contribution is 2.43. The zero-order valence-electron chi connectivity index (χ0n) is 13.2. The monoisotopic (exact) mass is 281 g/mol. The maximum absolute atomic E-state index is 11.1. The molecule has 3 heteroatoms. The van der Waals surface area contributed by atoms with E-state index < -0.39 is 5.97 Å². The van der Waals surface area contributed by atoms with Gasteiger partial charge in [0, 0.05) is 12.6 Å². The highest BCUT2D eigenvalue weighted by Gasteiger charge is 2.35. The predicted molar refractivity (Wildman–Crippen MR) is 81.7 cm³/mol. The molecule has 0 aromatic heterocycles. The number of hydrogen-bond acceptors (Lipinski definition) is 2. The normalized spacial score (nSPS) is 29.8. The van der Waals surface area contributed by atoms with Gasteiger partial charge in [0.1, 0.15) is 0 Å². The molecule has 0 heterocycles. The fraction of sp³-hybridized carbons (Fsp3) is 0.941. The van der Waals surface area contributed by atoms with Gasteiger partial charge >= 0.3 is 5.97 Å². The van der Waals surface area contributed by atoms with Gasteiger partial charge in [0.25, 0.3) is 0 Å². The van der Waals surface area contributed by atoms with Crippen LogP contribution in [0.1, 0.15) is 71.6 Å². The second-order valence-corrected chi connectivity index (χ2v) is 7.58. The molecule has 2 N–H and O–H groups in total. The summed E-state index contributed by atoms with van der Waals surface area (Å²) in [7, 11) is 0. The van der Waals surface area contributed by atoms with E-state index in [1.807, 2.05) is 0 Å². The third kappa shape index (κ3) is 4.21. The zero-order valence-corrected chi connectivity index (χ0v) is 13.2. The Bertz CT molecular complexity index is 321. The number of aliphatic carboxylic acids is 1. The van der Waals surface area contributed by atoms with E-state index in [-0.39, 0.29) is 5.92 Å². The summed E-state index contributed by atoms with van der Waals surface area (Å²) >= 11 is 0. The van der Waals surface area contributed by atoms with Crippen molar-refractivity contribution in [3.63, 3.8) is 0 Å². The smallest absolute Gasteiger partial charge is 0.306 e. The van der Waals surface area contributed by atoms with Crippen molar-refractivity contribution in [1.29, 1.82) is 0 Å². The lowest BCUT2D eigenvalue weighted by Crippen LogP contribution is -2.42. The van der Waals surface area contributed by atoms with E-state index >= 15 is 0 Å². The van der Waals surface area contributed by atoms with E-state index in [0.717, 1.165) is 38.1 Å². The summed E-state index contributed by atoms with van der Waals surface area (Å²) in [4.78, 5) is 11.1. The molecule has 0 saturated heterocycles. The molecule has 2 aliphatic carbocycles. The van der Waals surface area contributed by atoms with Crippen LogP contribution in [0.3, 0.4) is 0 Å². The van der Waals surface area contributed by atoms with Crippen LogP contribution in [0.25, 0.3) is 0 Å². The van der Waals surface area contributed by atoms with Crippen LogP contribution in [-0.2, 0) is 4.79 Å². The maximum Gasteiger partial charge on any atom is 0.306 e. The molecule has 2 rings (SSSR count). The Morgan fingerprint density at radius 2 is 1.95 bits per heavy atom. The van der Waals surface area contributed by atoms with Gasteiger partial charge in [-0.3, -0.25) is 4.79 Å². The summed E-state index contributed by atoms with van der Waals surface area (Å²) in [5, 5.41) is 12.9. The van der Waals surface area contributed by atoms with Crippen LogP contribution in [0.5, 0.6) is 0 Å². The largest absolute Gasteiger partial charge is 0.481 e. The number of hydrogen-bond donors (Lipinski definition) is 2. The Kier molecular flexibility index (Phi) is 5.48. The molecule has 0 bridgehead atoms. The van der Waals surface area contributed by atoms with Crippen LogP contribution in [0.4, 0.5) is 0 Å². The fourth-order valence-corrected chi connectivity index (χ4v) is 4.40. The molecular weight excluding hydrogens is 250 g/mol. The van der Waals surface area contributed by atoms with Crippen LogP contribution in [0.15, 0.2) is 0 Å². The van der Waals surface area contributed by atoms with Crippen LogP contribution < -0.4 is 5.32 Å². The number of nitrogens with one attached hydrogen (secondary N) is 1. The lowest BCUT2D eigenvalue weighted by atomic mass is 9.77. The van der Waals surface area contributed by atoms with Crippen molar-refractivity contribution in [1.82, 2.24) is 5.32 Å². The Labute approximate surface area is 123 Å². The van der Waals surface area contributed by atoms with Gasteiger partial charge in [-0.1, -0.05) is 33.1 Å². The summed E-state index contributed by atoms with van der Waals surface area (Å²) < 4.78 is 0. The minimum atomic E-state index is -0.603. The first-order valence-corrected chi connectivity index (χ1v) is 8.47. The first kappa shape index (κ1) is 15.8. The third-order valence-corrected chi connectivity index (χ3v) is 5.29. The van der Waals surface area contributed by atoms with E-state index in [1.54, 1.807) is 0 Å². The average Bonchev–Trinajstić information content (AvgIpc) is 2.85. The second-order valence-electron chi connectivity index (χ2n) is 7.58. The Hall–Kier alpha value is -0.570. The molecular formula is C17H31NO2. The molecule has 3 nitrogen and oxygen atoms in total. The van der Waals surface area contributed by atoms with Crippen LogP contribution in [0.2, 0.25) is 0 Å². The Balaban J connectivity index is 1.84. The van der Waals surface area contributed by atoms with Crippen molar-refractivity contribution in [2.45, 2.75) is 77.7 Å². The predicted octanol–water partition coefficient (Wildman–Crippen LogP) is 3.83. The van der Waals surface area contributed by atoms with E-state index in [1.165, 1.54) is 32.1 Å². The minimum Gasteiger partial charge on any atom is -0.481 e. The summed E-state index contributed by atoms with van der Waals surface area (Å²) in [6.07, 6.45) is 10.7. The summed E-state index contributed by atoms with van der Waals surface area (Å²) in [6, 6.07) is 0.425. The number of carboxylic acid groups (broad SMARTS) is 1. The molecule has 2 atom stereocenters. The molecule has 2 saturated carbocycles. The molecule has 0 spiro atoms. The highest BCUT2D eigenvalue weighted by molar-refractivity contribution is 5.70. The Morgan fingerprint density at radius 1 is 1.25 bits per heavy atom. The van der Waals surface area contributed by atoms with Crippen molar-refractivity contribution >= 4 is 5.97 Å². The molecule has 0 aliphatic heterocycles. The van der Waals surface area contributed by atoms with Gasteiger partial charge in [-0.25, -0.2) is 0 Å². The van der Waals surface area contributed by atoms with Gasteiger partial charge in [-0.15, -0.1) is 0 Å². The van der Waals surface area contributed by atoms with Crippen molar-refractivity contribution in [2.24, 2.45) is 17.3 Å². The summed E-state index contributed by atoms with van der Waals surface area (Å²) in [5.41, 5.74) is 0.490. The molecule has 116 valence electrons. The van der Waals surface area contributed by atoms with Crippen LogP contribution >= 0.6 is 0 Å². The van der Waals surface area contributed by atoms with Crippen molar-refractivity contribution in [3.05, 3.63) is 0 Å². The van der Waals surface area contributed by atoms with Crippen LogP contribution in [-0.4, -0.2) is 23.7 Å². The molecule has 20 heavy (non-hydrogen) atoms. The van der Waals surface area contributed by atoms with Gasteiger partial charge in [-0.05, 0) is 49.9 Å². The average molecular weight is 281 g/mol. The van der Waals surface area contributed by atoms with Gasteiger partial charge in [0.2, 0.25) is 0 Å². The number of carbonyl (C=O) groups is 1. The van der Waals surface area contributed by atoms with Crippen molar-refractivity contribution in [3.8, 4) is 0 Å². The van der Waals surface area contributed by atoms with Gasteiger partial charge in [0.15, 0.2) is 0 Å². The molecule has 2 unspecified atom stereocenters.